The number of ether oxygens (including phenoxy) is 2. The number of carbonyl (C=O) groups is 1. The number of nitrogens with zero attached hydrogens (tertiary/aromatic N) is 3. The summed E-state index contributed by atoms with van der Waals surface area (Å²) in [5.74, 6) is 1.91. The number of ketones is 1. The summed E-state index contributed by atoms with van der Waals surface area (Å²) in [5.41, 5.74) is 1.32. The molecule has 0 saturated carbocycles. The summed E-state index contributed by atoms with van der Waals surface area (Å²) >= 11 is 7.37. The number of thioether (sulfide) groups is 1. The number of Topliss-reactive ketones (excluding diaryl/α,β-unsaturated/α-hetero) is 1. The van der Waals surface area contributed by atoms with E-state index in [1.165, 1.54) is 18.9 Å². The summed E-state index contributed by atoms with van der Waals surface area (Å²) in [5, 5.41) is 9.71. The Morgan fingerprint density at radius 3 is 2.44 bits per heavy atom. The van der Waals surface area contributed by atoms with Crippen LogP contribution in [0.1, 0.15) is 16.2 Å². The van der Waals surface area contributed by atoms with Gasteiger partial charge in [0.05, 0.1) is 18.4 Å². The Bertz CT molecular complexity index is 1200. The van der Waals surface area contributed by atoms with Crippen LogP contribution in [-0.2, 0) is 6.61 Å². The third kappa shape index (κ3) is 5.12. The molecule has 0 bridgehead atoms. The van der Waals surface area contributed by atoms with Crippen molar-refractivity contribution >= 4 is 29.1 Å². The van der Waals surface area contributed by atoms with Gasteiger partial charge in [0, 0.05) is 10.7 Å². The molecule has 0 aliphatic carbocycles. The van der Waals surface area contributed by atoms with Crippen LogP contribution >= 0.6 is 23.4 Å². The minimum atomic E-state index is -0.112. The molecule has 4 rings (SSSR count). The molecule has 6 nitrogen and oxygen atoms in total. The standard InChI is InChI=1S/C24H20ClN3O3S/c1-30-22-13-12-17(25)14-20(22)21(29)16-32-24-27-26-23(15-31-19-10-6-3-7-11-19)28(24)18-8-4-2-5-9-18/h2-14H,15-16H2,1H3. The molecule has 0 amide bonds. The van der Waals surface area contributed by atoms with Crippen LogP contribution in [0.5, 0.6) is 11.5 Å². The summed E-state index contributed by atoms with van der Waals surface area (Å²) in [6.07, 6.45) is 0. The first-order valence-electron chi connectivity index (χ1n) is 9.83. The van der Waals surface area contributed by atoms with Gasteiger partial charge in [0.2, 0.25) is 0 Å². The third-order valence-corrected chi connectivity index (χ3v) is 5.78. The predicted molar refractivity (Wildman–Crippen MR) is 125 cm³/mol. The van der Waals surface area contributed by atoms with Gasteiger partial charge in [0.1, 0.15) is 18.1 Å². The van der Waals surface area contributed by atoms with Crippen molar-refractivity contribution in [2.75, 3.05) is 12.9 Å². The third-order valence-electron chi connectivity index (χ3n) is 4.62. The van der Waals surface area contributed by atoms with E-state index in [-0.39, 0.29) is 18.1 Å². The van der Waals surface area contributed by atoms with Crippen molar-refractivity contribution in [1.29, 1.82) is 0 Å². The van der Waals surface area contributed by atoms with Crippen LogP contribution in [-0.4, -0.2) is 33.4 Å². The van der Waals surface area contributed by atoms with E-state index >= 15 is 0 Å². The number of benzene rings is 3. The summed E-state index contributed by atoms with van der Waals surface area (Å²) in [4.78, 5) is 12.9. The van der Waals surface area contributed by atoms with Crippen LogP contribution in [0.25, 0.3) is 5.69 Å². The zero-order valence-electron chi connectivity index (χ0n) is 17.3. The highest BCUT2D eigenvalue weighted by Crippen LogP contribution is 2.27. The van der Waals surface area contributed by atoms with E-state index in [0.29, 0.717) is 27.3 Å². The van der Waals surface area contributed by atoms with Crippen LogP contribution in [0.15, 0.2) is 84.0 Å². The molecule has 4 aromatic rings. The van der Waals surface area contributed by atoms with Crippen molar-refractivity contribution in [2.24, 2.45) is 0 Å². The van der Waals surface area contributed by atoms with Crippen molar-refractivity contribution in [1.82, 2.24) is 14.8 Å². The highest BCUT2D eigenvalue weighted by molar-refractivity contribution is 7.99. The fourth-order valence-corrected chi connectivity index (χ4v) is 4.12. The summed E-state index contributed by atoms with van der Waals surface area (Å²) in [6, 6.07) is 24.2. The van der Waals surface area contributed by atoms with Crippen molar-refractivity contribution in [3.63, 3.8) is 0 Å². The van der Waals surface area contributed by atoms with Gasteiger partial charge in [0.15, 0.2) is 16.8 Å². The maximum absolute atomic E-state index is 12.9. The molecule has 0 N–H and O–H groups in total. The second-order valence-electron chi connectivity index (χ2n) is 6.73. The SMILES string of the molecule is COc1ccc(Cl)cc1C(=O)CSc1nnc(COc2ccccc2)n1-c1ccccc1. The Balaban J connectivity index is 1.56. The molecule has 0 saturated heterocycles. The number of hydrogen-bond donors (Lipinski definition) is 0. The van der Waals surface area contributed by atoms with E-state index in [2.05, 4.69) is 10.2 Å². The number of para-hydroxylation sites is 2. The molecule has 3 aromatic carbocycles. The van der Waals surface area contributed by atoms with Gasteiger partial charge in [-0.05, 0) is 42.5 Å². The van der Waals surface area contributed by atoms with Crippen molar-refractivity contribution in [3.8, 4) is 17.2 Å². The lowest BCUT2D eigenvalue weighted by atomic mass is 10.1. The highest BCUT2D eigenvalue weighted by atomic mass is 35.5. The number of rotatable bonds is 9. The van der Waals surface area contributed by atoms with Crippen LogP contribution in [0.2, 0.25) is 5.02 Å². The van der Waals surface area contributed by atoms with Crippen LogP contribution in [0.4, 0.5) is 0 Å². The second-order valence-corrected chi connectivity index (χ2v) is 8.11. The Hall–Kier alpha value is -3.29. The predicted octanol–water partition coefficient (Wildman–Crippen LogP) is 5.48. The average molecular weight is 466 g/mol. The minimum Gasteiger partial charge on any atom is -0.496 e. The lowest BCUT2D eigenvalue weighted by Crippen LogP contribution is -2.08. The lowest BCUT2D eigenvalue weighted by Gasteiger charge is -2.11. The van der Waals surface area contributed by atoms with Crippen LogP contribution < -0.4 is 9.47 Å². The largest absolute Gasteiger partial charge is 0.496 e. The number of carbonyl (C=O) groups excluding carboxylic acids is 1. The monoisotopic (exact) mass is 465 g/mol. The lowest BCUT2D eigenvalue weighted by molar-refractivity contribution is 0.101. The maximum Gasteiger partial charge on any atom is 0.196 e. The molecular weight excluding hydrogens is 446 g/mol. The second kappa shape index (κ2) is 10.3. The topological polar surface area (TPSA) is 66.2 Å². The summed E-state index contributed by atoms with van der Waals surface area (Å²) in [6.45, 7) is 0.239. The first-order valence-corrected chi connectivity index (χ1v) is 11.2. The number of aromatic nitrogens is 3. The number of methoxy groups -OCH3 is 1. The molecule has 0 aliphatic heterocycles. The quantitative estimate of drug-likeness (QED) is 0.241. The molecule has 32 heavy (non-hydrogen) atoms. The van der Waals surface area contributed by atoms with Gasteiger partial charge in [0.25, 0.3) is 0 Å². The molecular formula is C24H20ClN3O3S. The Morgan fingerprint density at radius 2 is 1.72 bits per heavy atom. The van der Waals surface area contributed by atoms with Crippen molar-refractivity contribution < 1.29 is 14.3 Å². The summed E-state index contributed by atoms with van der Waals surface area (Å²) < 4.78 is 13.1. The smallest absolute Gasteiger partial charge is 0.196 e. The van der Waals surface area contributed by atoms with Gasteiger partial charge in [-0.25, -0.2) is 0 Å². The van der Waals surface area contributed by atoms with Crippen molar-refractivity contribution in [3.05, 3.63) is 95.3 Å². The molecule has 8 heteroatoms. The Kier molecular flexibility index (Phi) is 7.09. The number of hydrogen-bond acceptors (Lipinski definition) is 6. The van der Waals surface area contributed by atoms with Gasteiger partial charge in [-0.3, -0.25) is 9.36 Å². The van der Waals surface area contributed by atoms with Gasteiger partial charge < -0.3 is 9.47 Å². The fraction of sp³-hybridized carbons (Fsp3) is 0.125. The molecule has 0 fully saturated rings. The molecule has 1 aromatic heterocycles. The molecule has 0 spiro atoms. The maximum atomic E-state index is 12.9. The van der Waals surface area contributed by atoms with E-state index in [1.54, 1.807) is 18.2 Å². The average Bonchev–Trinajstić information content (AvgIpc) is 3.25. The number of halogens is 1. The van der Waals surface area contributed by atoms with Crippen molar-refractivity contribution in [2.45, 2.75) is 11.8 Å². The first-order chi connectivity index (χ1) is 15.7. The molecule has 0 unspecified atom stereocenters. The van der Waals surface area contributed by atoms with E-state index < -0.39 is 0 Å². The molecule has 0 aliphatic rings. The summed E-state index contributed by atoms with van der Waals surface area (Å²) in [7, 11) is 1.53. The van der Waals surface area contributed by atoms with Crippen LogP contribution in [0, 0.1) is 0 Å². The van der Waals surface area contributed by atoms with Crippen LogP contribution in [0.3, 0.4) is 0 Å². The Morgan fingerprint density at radius 1 is 1.00 bits per heavy atom. The first kappa shape index (κ1) is 21.9. The highest BCUT2D eigenvalue weighted by Gasteiger charge is 2.19. The van der Waals surface area contributed by atoms with E-state index in [9.17, 15) is 4.79 Å². The Labute approximate surface area is 195 Å². The van der Waals surface area contributed by atoms with E-state index in [4.69, 9.17) is 21.1 Å². The van der Waals surface area contributed by atoms with E-state index in [1.807, 2.05) is 65.2 Å². The van der Waals surface area contributed by atoms with Gasteiger partial charge in [-0.2, -0.15) is 0 Å². The zero-order valence-corrected chi connectivity index (χ0v) is 18.8. The molecule has 162 valence electrons. The van der Waals surface area contributed by atoms with Gasteiger partial charge in [-0.1, -0.05) is 59.8 Å². The molecule has 1 heterocycles. The van der Waals surface area contributed by atoms with Gasteiger partial charge >= 0.3 is 0 Å². The zero-order chi connectivity index (χ0) is 22.3. The minimum absolute atomic E-state index is 0.112. The fourth-order valence-electron chi connectivity index (χ4n) is 3.09. The molecule has 0 atom stereocenters. The molecule has 0 radical (unpaired) electrons. The normalized spacial score (nSPS) is 10.7. The van der Waals surface area contributed by atoms with E-state index in [0.717, 1.165) is 11.4 Å². The van der Waals surface area contributed by atoms with Gasteiger partial charge in [-0.15, -0.1) is 10.2 Å².